The van der Waals surface area contributed by atoms with Gasteiger partial charge in [-0.2, -0.15) is 0 Å². The van der Waals surface area contributed by atoms with Gasteiger partial charge in [0.25, 0.3) is 0 Å². The molecule has 0 amide bonds. The van der Waals surface area contributed by atoms with Crippen molar-refractivity contribution in [2.24, 2.45) is 5.92 Å². The molecule has 0 bridgehead atoms. The van der Waals surface area contributed by atoms with Crippen LogP contribution in [0.25, 0.3) is 0 Å². The van der Waals surface area contributed by atoms with Crippen molar-refractivity contribution < 1.29 is 4.74 Å². The van der Waals surface area contributed by atoms with Crippen molar-refractivity contribution >= 4 is 0 Å². The summed E-state index contributed by atoms with van der Waals surface area (Å²) < 4.78 is 5.46. The van der Waals surface area contributed by atoms with Crippen molar-refractivity contribution in [2.45, 2.75) is 45.4 Å². The van der Waals surface area contributed by atoms with Crippen LogP contribution in [0.2, 0.25) is 0 Å². The minimum Gasteiger partial charge on any atom is -0.494 e. The second-order valence-corrected chi connectivity index (χ2v) is 5.66. The van der Waals surface area contributed by atoms with E-state index in [0.29, 0.717) is 0 Å². The van der Waals surface area contributed by atoms with Crippen molar-refractivity contribution in [3.63, 3.8) is 0 Å². The molecule has 0 saturated carbocycles. The van der Waals surface area contributed by atoms with E-state index in [1.54, 1.807) is 0 Å². The molecule has 111 valence electrons. The molecular weight excluding hydrogens is 246 g/mol. The number of benzene rings is 1. The molecule has 0 spiro atoms. The van der Waals surface area contributed by atoms with Gasteiger partial charge in [0.1, 0.15) is 5.75 Å². The summed E-state index contributed by atoms with van der Waals surface area (Å²) in [6.07, 6.45) is 10.4. The minimum atomic E-state index is 0.743. The van der Waals surface area contributed by atoms with Gasteiger partial charge >= 0.3 is 0 Å². The molecule has 2 heteroatoms. The largest absolute Gasteiger partial charge is 0.494 e. The van der Waals surface area contributed by atoms with Crippen LogP contribution in [0.1, 0.15) is 44.6 Å². The van der Waals surface area contributed by atoms with E-state index in [9.17, 15) is 0 Å². The molecule has 0 aliphatic carbocycles. The van der Waals surface area contributed by atoms with Gasteiger partial charge in [0, 0.05) is 0 Å². The monoisotopic (exact) mass is 274 g/mol. The number of aryl methyl sites for hydroxylation is 1. The van der Waals surface area contributed by atoms with Crippen molar-refractivity contribution in [3.05, 3.63) is 36.2 Å². The molecule has 1 saturated heterocycles. The Morgan fingerprint density at radius 2 is 2.00 bits per heavy atom. The number of ether oxygens (including phenoxy) is 1. The van der Waals surface area contributed by atoms with E-state index in [-0.39, 0.29) is 0 Å². The molecule has 1 fully saturated rings. The summed E-state index contributed by atoms with van der Waals surface area (Å²) in [5.41, 5.74) is 1.43. The second kappa shape index (κ2) is 9.02. The van der Waals surface area contributed by atoms with E-state index >= 15 is 0 Å². The summed E-state index contributed by atoms with van der Waals surface area (Å²) in [6, 6.07) is 8.57. The van der Waals surface area contributed by atoms with Crippen molar-refractivity contribution in [1.82, 2.24) is 5.32 Å². The predicted octanol–water partition coefficient (Wildman–Crippen LogP) is 4.00. The SMILES string of the molecule is CCOc1ccc(CCCCCC2[CH]CNCC2)cc1. The molecule has 1 heterocycles. The summed E-state index contributed by atoms with van der Waals surface area (Å²) in [6.45, 7) is 5.07. The molecular formula is C18H28NO. The number of rotatable bonds is 8. The van der Waals surface area contributed by atoms with Crippen LogP contribution in [0.4, 0.5) is 0 Å². The smallest absolute Gasteiger partial charge is 0.119 e. The van der Waals surface area contributed by atoms with E-state index in [2.05, 4.69) is 36.0 Å². The van der Waals surface area contributed by atoms with E-state index < -0.39 is 0 Å². The van der Waals surface area contributed by atoms with Gasteiger partial charge in [-0.05, 0) is 69.3 Å². The maximum Gasteiger partial charge on any atom is 0.119 e. The van der Waals surface area contributed by atoms with E-state index in [1.165, 1.54) is 50.6 Å². The standard InChI is InChI=1S/C18H28NO/c1-2-20-18-10-8-16(9-11-18)6-4-3-5-7-17-12-14-19-15-13-17/h8-12,17,19H,2-7,13-15H2,1H3. The zero-order valence-electron chi connectivity index (χ0n) is 12.7. The van der Waals surface area contributed by atoms with E-state index in [1.807, 2.05) is 6.92 Å². The van der Waals surface area contributed by atoms with Crippen LogP contribution in [-0.2, 0) is 6.42 Å². The zero-order chi connectivity index (χ0) is 14.0. The van der Waals surface area contributed by atoms with E-state index in [4.69, 9.17) is 4.74 Å². The third kappa shape index (κ3) is 5.54. The normalized spacial score (nSPS) is 16.2. The van der Waals surface area contributed by atoms with Crippen LogP contribution >= 0.6 is 0 Å². The Kier molecular flexibility index (Phi) is 6.93. The fraction of sp³-hybridized carbons (Fsp3) is 0.611. The van der Waals surface area contributed by atoms with Gasteiger partial charge in [0.05, 0.1) is 6.61 Å². The van der Waals surface area contributed by atoms with Crippen LogP contribution in [0, 0.1) is 12.3 Å². The molecule has 1 radical (unpaired) electrons. The van der Waals surface area contributed by atoms with Crippen molar-refractivity contribution in [1.29, 1.82) is 0 Å². The lowest BCUT2D eigenvalue weighted by Gasteiger charge is -2.21. The molecule has 1 aromatic rings. The van der Waals surface area contributed by atoms with Crippen LogP contribution in [-0.4, -0.2) is 19.7 Å². The number of piperidine rings is 1. The van der Waals surface area contributed by atoms with Gasteiger partial charge in [-0.15, -0.1) is 0 Å². The molecule has 1 atom stereocenters. The van der Waals surface area contributed by atoms with Crippen molar-refractivity contribution in [3.8, 4) is 5.75 Å². The maximum atomic E-state index is 5.46. The summed E-state index contributed by atoms with van der Waals surface area (Å²) in [5.74, 6) is 1.85. The Balaban J connectivity index is 1.56. The van der Waals surface area contributed by atoms with Crippen LogP contribution < -0.4 is 10.1 Å². The first-order valence-electron chi connectivity index (χ1n) is 8.14. The van der Waals surface area contributed by atoms with Gasteiger partial charge in [-0.3, -0.25) is 0 Å². The highest BCUT2D eigenvalue weighted by molar-refractivity contribution is 5.27. The highest BCUT2D eigenvalue weighted by Crippen LogP contribution is 2.19. The third-order valence-electron chi connectivity index (χ3n) is 4.06. The summed E-state index contributed by atoms with van der Waals surface area (Å²) in [5, 5.41) is 3.39. The number of unbranched alkanes of at least 4 members (excludes halogenated alkanes) is 2. The molecule has 20 heavy (non-hydrogen) atoms. The van der Waals surface area contributed by atoms with Crippen molar-refractivity contribution in [2.75, 3.05) is 19.7 Å². The lowest BCUT2D eigenvalue weighted by molar-refractivity contribution is 0.340. The Hall–Kier alpha value is -1.02. The van der Waals surface area contributed by atoms with Crippen LogP contribution in [0.3, 0.4) is 0 Å². The Bertz CT molecular complexity index is 354. The average Bonchev–Trinajstić information content (AvgIpc) is 2.50. The number of hydrogen-bond acceptors (Lipinski definition) is 2. The number of hydrogen-bond donors (Lipinski definition) is 1. The minimum absolute atomic E-state index is 0.743. The first-order valence-corrected chi connectivity index (χ1v) is 8.14. The summed E-state index contributed by atoms with van der Waals surface area (Å²) in [7, 11) is 0. The van der Waals surface area contributed by atoms with Gasteiger partial charge in [0.2, 0.25) is 0 Å². The fourth-order valence-electron chi connectivity index (χ4n) is 2.85. The summed E-state index contributed by atoms with van der Waals surface area (Å²) in [4.78, 5) is 0. The topological polar surface area (TPSA) is 21.3 Å². The molecule has 0 aromatic heterocycles. The van der Waals surface area contributed by atoms with Crippen LogP contribution in [0.5, 0.6) is 5.75 Å². The number of nitrogens with one attached hydrogen (secondary N) is 1. The lowest BCUT2D eigenvalue weighted by atomic mass is 9.92. The highest BCUT2D eigenvalue weighted by atomic mass is 16.5. The maximum absolute atomic E-state index is 5.46. The summed E-state index contributed by atoms with van der Waals surface area (Å²) >= 11 is 0. The first-order chi connectivity index (χ1) is 9.88. The Morgan fingerprint density at radius 3 is 2.70 bits per heavy atom. The molecule has 2 nitrogen and oxygen atoms in total. The van der Waals surface area contributed by atoms with Crippen LogP contribution in [0.15, 0.2) is 24.3 Å². The quantitative estimate of drug-likeness (QED) is 0.723. The molecule has 1 aromatic carbocycles. The first kappa shape index (κ1) is 15.4. The third-order valence-corrected chi connectivity index (χ3v) is 4.06. The molecule has 1 unspecified atom stereocenters. The van der Waals surface area contributed by atoms with Gasteiger partial charge in [0.15, 0.2) is 0 Å². The molecule has 1 N–H and O–H groups in total. The lowest BCUT2D eigenvalue weighted by Crippen LogP contribution is -2.28. The van der Waals surface area contributed by atoms with Gasteiger partial charge in [-0.1, -0.05) is 31.4 Å². The Morgan fingerprint density at radius 1 is 1.15 bits per heavy atom. The molecule has 1 aliphatic heterocycles. The second-order valence-electron chi connectivity index (χ2n) is 5.66. The van der Waals surface area contributed by atoms with Gasteiger partial charge < -0.3 is 10.1 Å². The van der Waals surface area contributed by atoms with Gasteiger partial charge in [-0.25, -0.2) is 0 Å². The molecule has 2 rings (SSSR count). The average molecular weight is 274 g/mol. The zero-order valence-corrected chi connectivity index (χ0v) is 12.7. The molecule has 1 aliphatic rings. The Labute approximate surface area is 123 Å². The predicted molar refractivity (Wildman–Crippen MR) is 85.1 cm³/mol. The highest BCUT2D eigenvalue weighted by Gasteiger charge is 2.12. The fourth-order valence-corrected chi connectivity index (χ4v) is 2.85. The van der Waals surface area contributed by atoms with E-state index in [0.717, 1.165) is 24.8 Å².